The summed E-state index contributed by atoms with van der Waals surface area (Å²) in [6.07, 6.45) is 8.68. The van der Waals surface area contributed by atoms with Gasteiger partial charge in [-0.1, -0.05) is 58.3 Å². The van der Waals surface area contributed by atoms with Gasteiger partial charge in [0.25, 0.3) is 11.7 Å². The Bertz CT molecular complexity index is 2870. The number of quaternary nitrogens is 1. The van der Waals surface area contributed by atoms with Crippen molar-refractivity contribution in [3.8, 4) is 17.2 Å². The molecule has 9 atom stereocenters. The van der Waals surface area contributed by atoms with Crippen LogP contribution in [0.2, 0.25) is 0 Å². The maximum Gasteiger partial charge on any atom is 0.312 e. The number of fused-ring (bicyclic) bond motifs is 9. The topological polar surface area (TPSA) is 211 Å². The molecular formula is C55H70N3O14+. The van der Waals surface area contributed by atoms with E-state index in [4.69, 9.17) is 42.6 Å². The van der Waals surface area contributed by atoms with E-state index in [1.807, 2.05) is 19.9 Å². The van der Waals surface area contributed by atoms with Gasteiger partial charge in [-0.15, -0.1) is 0 Å². The number of nitrogens with zero attached hydrogens (tertiary/aromatic N) is 2. The van der Waals surface area contributed by atoms with E-state index in [0.717, 1.165) is 51.9 Å². The number of phenolic OH excluding ortho intramolecular Hbond substituents is 1. The van der Waals surface area contributed by atoms with Gasteiger partial charge in [0.2, 0.25) is 0 Å². The van der Waals surface area contributed by atoms with E-state index in [1.165, 1.54) is 64.3 Å². The average Bonchev–Trinajstić information content (AvgIpc) is 4.01. The largest absolute Gasteiger partial charge is 0.505 e. The monoisotopic (exact) mass is 996 g/mol. The molecule has 0 aliphatic carbocycles. The number of anilines is 1. The summed E-state index contributed by atoms with van der Waals surface area (Å²) in [7, 11) is 1.46. The molecule has 5 aliphatic rings. The van der Waals surface area contributed by atoms with Crippen LogP contribution in [-0.2, 0) is 33.3 Å². The molecular weight excluding hydrogens is 927 g/mol. The number of aliphatic hydroxyl groups is 1. The third kappa shape index (κ3) is 10.5. The minimum atomic E-state index is -2.04. The van der Waals surface area contributed by atoms with Gasteiger partial charge >= 0.3 is 11.8 Å². The van der Waals surface area contributed by atoms with Gasteiger partial charge in [-0.3, -0.25) is 19.2 Å². The number of carbonyl (C=O) groups is 3. The van der Waals surface area contributed by atoms with Crippen LogP contribution >= 0.6 is 0 Å². The second kappa shape index (κ2) is 21.7. The predicted octanol–water partition coefficient (Wildman–Crippen LogP) is 7.96. The number of carbonyl (C=O) groups excluding carboxylic acids is 3. The normalized spacial score (nSPS) is 28.7. The molecule has 2 fully saturated rings. The number of ketones is 1. The standard InChI is InChI=1S/C55H69N3O14/c1-10-58(22-23-58)24-28-66-25-14-12-11-13-15-26-67-36-19-20-37-39(29-36)70-51-43(56-37)40-41-45(60)33(5)49-42(40)53(63)55(8,72-49)68-27-21-38(65-9)32(4)50(69-35(7)59)52-46(61)34(6)48(71-52)30(2)17-16-18-31(3)54(64)57-44(51)47(41)62/h16-21,27,29-30,32,34,38,46,48,50,52,61H,10-15,22-26,28H2,1-9H3,(H-,56,57,60,62,63,64)/p+1/b17-16+,27-21+,31-18-/t30-,32+,34-,38-,46+,48-,50+,52+,55-/m0/s1. The van der Waals surface area contributed by atoms with Crippen LogP contribution in [0.15, 0.2) is 63.6 Å². The number of benzene rings is 3. The van der Waals surface area contributed by atoms with Crippen LogP contribution in [0.3, 0.4) is 0 Å². The van der Waals surface area contributed by atoms with Crippen molar-refractivity contribution < 1.29 is 66.7 Å². The molecule has 72 heavy (non-hydrogen) atoms. The molecule has 0 unspecified atom stereocenters. The van der Waals surface area contributed by atoms with Gasteiger partial charge < -0.3 is 57.6 Å². The van der Waals surface area contributed by atoms with Crippen LogP contribution in [0.25, 0.3) is 33.0 Å². The number of hydrogen-bond donors (Lipinski definition) is 3. The highest BCUT2D eigenvalue weighted by Crippen LogP contribution is 2.49. The molecule has 2 saturated heterocycles. The van der Waals surface area contributed by atoms with Crippen LogP contribution in [0.5, 0.6) is 17.2 Å². The van der Waals surface area contributed by atoms with Gasteiger partial charge in [-0.25, -0.2) is 4.98 Å². The fourth-order valence-corrected chi connectivity index (χ4v) is 10.3. The smallest absolute Gasteiger partial charge is 0.312 e. The van der Waals surface area contributed by atoms with Crippen molar-refractivity contribution in [1.82, 2.24) is 4.98 Å². The summed E-state index contributed by atoms with van der Waals surface area (Å²) in [5.41, 5.74) is -0.268. The van der Waals surface area contributed by atoms with E-state index in [2.05, 4.69) is 12.2 Å². The fraction of sp³-hybridized carbons (Fsp3) is 0.545. The summed E-state index contributed by atoms with van der Waals surface area (Å²) in [6, 6.07) is 5.13. The van der Waals surface area contributed by atoms with E-state index in [-0.39, 0.29) is 67.4 Å². The summed E-state index contributed by atoms with van der Waals surface area (Å²) in [5.74, 6) is -5.42. The Kier molecular flexibility index (Phi) is 15.8. The van der Waals surface area contributed by atoms with E-state index in [1.54, 1.807) is 44.2 Å². The summed E-state index contributed by atoms with van der Waals surface area (Å²) in [6.45, 7) is 20.4. The zero-order valence-electron chi connectivity index (χ0n) is 42.9. The average molecular weight is 997 g/mol. The van der Waals surface area contributed by atoms with Crippen molar-refractivity contribution in [2.24, 2.45) is 17.8 Å². The van der Waals surface area contributed by atoms with Crippen LogP contribution in [0.4, 0.5) is 5.69 Å². The number of rotatable bonds is 15. The van der Waals surface area contributed by atoms with Gasteiger partial charge in [0.05, 0.1) is 55.3 Å². The molecule has 9 rings (SSSR count). The minimum Gasteiger partial charge on any atom is -0.505 e. The first-order valence-electron chi connectivity index (χ1n) is 25.4. The number of aliphatic hydroxyl groups excluding tert-OH is 1. The van der Waals surface area contributed by atoms with Crippen molar-refractivity contribution in [1.29, 1.82) is 0 Å². The molecule has 3 N–H and O–H groups in total. The Hall–Kier alpha value is -5.85. The highest BCUT2D eigenvalue weighted by atomic mass is 16.7. The molecule has 17 heteroatoms. The summed E-state index contributed by atoms with van der Waals surface area (Å²) in [4.78, 5) is 60.8. The Morgan fingerprint density at radius 2 is 1.71 bits per heavy atom. The van der Waals surface area contributed by atoms with E-state index < -0.39 is 71.1 Å². The number of phenols is 1. The van der Waals surface area contributed by atoms with Crippen LogP contribution in [-0.4, -0.2) is 127 Å². The molecule has 0 radical (unpaired) electrons. The number of ether oxygens (including phenoxy) is 7. The lowest BCUT2D eigenvalue weighted by atomic mass is 9.86. The number of Topliss-reactive ketones (excluding diaryl/α,β-unsaturated/α-hetero) is 1. The van der Waals surface area contributed by atoms with E-state index in [9.17, 15) is 29.4 Å². The van der Waals surface area contributed by atoms with Crippen molar-refractivity contribution >= 4 is 56.3 Å². The molecule has 1 aromatic heterocycles. The maximum atomic E-state index is 14.8. The summed E-state index contributed by atoms with van der Waals surface area (Å²) < 4.78 is 50.3. The van der Waals surface area contributed by atoms with Crippen LogP contribution in [0.1, 0.15) is 96.5 Å². The van der Waals surface area contributed by atoms with Crippen molar-refractivity contribution in [3.05, 3.63) is 75.7 Å². The molecule has 7 bridgehead atoms. The second-order valence-electron chi connectivity index (χ2n) is 20.1. The molecule has 0 spiro atoms. The number of aromatic hydroxyl groups is 1. The first-order chi connectivity index (χ1) is 34.4. The quantitative estimate of drug-likeness (QED) is 0.0196. The first kappa shape index (κ1) is 52.5. The number of likely N-dealkylation sites (N-methyl/N-ethyl adjacent to an activating group) is 1. The Balaban J connectivity index is 1.13. The lowest BCUT2D eigenvalue weighted by Gasteiger charge is -2.33. The van der Waals surface area contributed by atoms with Crippen molar-refractivity contribution in [2.45, 2.75) is 124 Å². The molecule has 3 aromatic carbocycles. The Morgan fingerprint density at radius 1 is 0.972 bits per heavy atom. The molecule has 0 saturated carbocycles. The second-order valence-corrected chi connectivity index (χ2v) is 20.1. The number of aromatic nitrogens is 1. The minimum absolute atomic E-state index is 0.00570. The molecule has 5 aliphatic heterocycles. The highest BCUT2D eigenvalue weighted by Gasteiger charge is 2.51. The lowest BCUT2D eigenvalue weighted by molar-refractivity contribution is -0.798. The Morgan fingerprint density at radius 3 is 2.42 bits per heavy atom. The number of hydrogen-bond acceptors (Lipinski definition) is 15. The van der Waals surface area contributed by atoms with Gasteiger partial charge in [0.15, 0.2) is 22.3 Å². The van der Waals surface area contributed by atoms with Crippen molar-refractivity contribution in [2.75, 3.05) is 58.4 Å². The molecule has 6 heterocycles. The molecule has 388 valence electrons. The number of nitrogens with one attached hydrogen (secondary N) is 1. The predicted molar refractivity (Wildman–Crippen MR) is 270 cm³/mol. The molecule has 17 nitrogen and oxygen atoms in total. The zero-order chi connectivity index (χ0) is 51.6. The maximum absolute atomic E-state index is 14.8. The van der Waals surface area contributed by atoms with Crippen LogP contribution in [0, 0.1) is 24.7 Å². The number of methoxy groups -OCH3 is 1. The Labute approximate surface area is 419 Å². The van der Waals surface area contributed by atoms with Crippen LogP contribution < -0.4 is 20.2 Å². The van der Waals surface area contributed by atoms with Gasteiger partial charge in [-0.05, 0) is 51.8 Å². The lowest BCUT2D eigenvalue weighted by Crippen LogP contribution is -2.46. The molecule has 1 amide bonds. The van der Waals surface area contributed by atoms with E-state index >= 15 is 0 Å². The number of allylic oxidation sites excluding steroid dienone is 2. The highest BCUT2D eigenvalue weighted by molar-refractivity contribution is 6.26. The third-order valence-corrected chi connectivity index (χ3v) is 15.1. The number of esters is 1. The number of unbranched alkanes of at least 4 members (excludes halogenated alkanes) is 4. The van der Waals surface area contributed by atoms with E-state index in [0.29, 0.717) is 17.9 Å². The molecule has 4 aromatic rings. The van der Waals surface area contributed by atoms with Gasteiger partial charge in [0, 0.05) is 67.9 Å². The fourth-order valence-electron chi connectivity index (χ4n) is 10.3. The van der Waals surface area contributed by atoms with Gasteiger partial charge in [0.1, 0.15) is 60.1 Å². The third-order valence-electron chi connectivity index (χ3n) is 15.1. The number of amides is 1. The zero-order valence-corrected chi connectivity index (χ0v) is 42.9. The SMILES string of the molecule is CC[N+]1(CCOCCCCCCCOc2ccc3nc4c(oc3c2)c2c(O)c3c(=O)c(C)c5c(c34)C(=O)[C@@](C)(O/C=C/[C@H](OC)[C@@H](C)[C@@H](OC(C)=O)[C@@H]3O[C@H]([C@@H](C)[C@H]3O)[C@@H](C)/C=C/C=C(/C)C(=O)N2)O5)CC1. The summed E-state index contributed by atoms with van der Waals surface area (Å²) in [5, 5.41) is 26.2. The first-order valence-corrected chi connectivity index (χ1v) is 25.4. The van der Waals surface area contributed by atoms with Crippen molar-refractivity contribution in [3.63, 3.8) is 0 Å². The van der Waals surface area contributed by atoms with Gasteiger partial charge in [-0.2, -0.15) is 0 Å². The summed E-state index contributed by atoms with van der Waals surface area (Å²) >= 11 is 0.